The van der Waals surface area contributed by atoms with Crippen molar-refractivity contribution in [2.45, 2.75) is 6.92 Å². The molecule has 3 nitrogen and oxygen atoms in total. The highest BCUT2D eigenvalue weighted by Gasteiger charge is 2.17. The molecule has 0 spiro atoms. The van der Waals surface area contributed by atoms with Gasteiger partial charge in [0.25, 0.3) is 0 Å². The molecule has 0 aliphatic carbocycles. The fourth-order valence-electron chi connectivity index (χ4n) is 4.16. The van der Waals surface area contributed by atoms with Crippen molar-refractivity contribution >= 4 is 32.8 Å². The number of rotatable bonds is 2. The molecule has 0 aliphatic heterocycles. The van der Waals surface area contributed by atoms with Crippen LogP contribution in [0.5, 0.6) is 0 Å². The van der Waals surface area contributed by atoms with Crippen LogP contribution >= 0.6 is 0 Å². The van der Waals surface area contributed by atoms with Crippen molar-refractivity contribution in [3.8, 4) is 22.6 Å². The van der Waals surface area contributed by atoms with E-state index in [1.54, 1.807) is 0 Å². The summed E-state index contributed by atoms with van der Waals surface area (Å²) in [5.74, 6) is 0.677. The Labute approximate surface area is 173 Å². The molecule has 0 saturated carbocycles. The molecule has 0 aliphatic rings. The number of nitrogens with zero attached hydrogens (tertiary/aromatic N) is 2. The number of fused-ring (bicyclic) bond motifs is 4. The summed E-state index contributed by atoms with van der Waals surface area (Å²) in [5.41, 5.74) is 6.79. The van der Waals surface area contributed by atoms with Crippen molar-refractivity contribution in [3.05, 3.63) is 96.6 Å². The molecule has 3 heteroatoms. The number of hydrogen-bond donors (Lipinski definition) is 0. The highest BCUT2D eigenvalue weighted by molar-refractivity contribution is 6.09. The fraction of sp³-hybridized carbons (Fsp3) is 0.0370. The van der Waals surface area contributed by atoms with E-state index < -0.39 is 0 Å². The van der Waals surface area contributed by atoms with Crippen LogP contribution in [0.15, 0.2) is 95.4 Å². The minimum Gasteiger partial charge on any atom is -0.455 e. The quantitative estimate of drug-likeness (QED) is 0.317. The van der Waals surface area contributed by atoms with Crippen molar-refractivity contribution in [1.82, 2.24) is 9.97 Å². The van der Waals surface area contributed by atoms with E-state index in [9.17, 15) is 0 Å². The fourth-order valence-corrected chi connectivity index (χ4v) is 4.16. The van der Waals surface area contributed by atoms with Gasteiger partial charge in [-0.25, -0.2) is 9.97 Å². The maximum atomic E-state index is 6.24. The summed E-state index contributed by atoms with van der Waals surface area (Å²) in [6.07, 6.45) is 0. The normalized spacial score (nSPS) is 11.5. The van der Waals surface area contributed by atoms with Crippen molar-refractivity contribution in [2.24, 2.45) is 0 Å². The van der Waals surface area contributed by atoms with Gasteiger partial charge in [0.2, 0.25) is 0 Å². The van der Waals surface area contributed by atoms with Crippen LogP contribution in [-0.2, 0) is 0 Å². The van der Waals surface area contributed by atoms with Crippen LogP contribution in [0.3, 0.4) is 0 Å². The van der Waals surface area contributed by atoms with Crippen LogP contribution in [0.25, 0.3) is 55.5 Å². The van der Waals surface area contributed by atoms with Gasteiger partial charge < -0.3 is 4.42 Å². The molecule has 0 unspecified atom stereocenters. The molecule has 30 heavy (non-hydrogen) atoms. The second-order valence-corrected chi connectivity index (χ2v) is 7.51. The molecule has 6 rings (SSSR count). The second kappa shape index (κ2) is 6.53. The molecule has 0 radical (unpaired) electrons. The predicted molar refractivity (Wildman–Crippen MR) is 122 cm³/mol. The zero-order chi connectivity index (χ0) is 20.1. The molecule has 0 fully saturated rings. The number of hydrogen-bond acceptors (Lipinski definition) is 3. The predicted octanol–water partition coefficient (Wildman–Crippen LogP) is 7.17. The van der Waals surface area contributed by atoms with Gasteiger partial charge in [-0.05, 0) is 30.7 Å². The molecule has 142 valence electrons. The maximum absolute atomic E-state index is 6.24. The summed E-state index contributed by atoms with van der Waals surface area (Å²) in [7, 11) is 0. The summed E-state index contributed by atoms with van der Waals surface area (Å²) in [4.78, 5) is 9.96. The van der Waals surface area contributed by atoms with Gasteiger partial charge in [-0.1, -0.05) is 72.8 Å². The molecule has 2 aromatic heterocycles. The number of para-hydroxylation sites is 3. The van der Waals surface area contributed by atoms with Crippen LogP contribution in [0, 0.1) is 6.92 Å². The summed E-state index contributed by atoms with van der Waals surface area (Å²) >= 11 is 0. The van der Waals surface area contributed by atoms with Crippen molar-refractivity contribution in [1.29, 1.82) is 0 Å². The second-order valence-electron chi connectivity index (χ2n) is 7.51. The van der Waals surface area contributed by atoms with Gasteiger partial charge in [0.1, 0.15) is 11.2 Å². The van der Waals surface area contributed by atoms with Gasteiger partial charge in [-0.15, -0.1) is 0 Å². The molecule has 6 aromatic rings. The molecule has 0 amide bonds. The molecule has 4 aromatic carbocycles. The first-order valence-electron chi connectivity index (χ1n) is 10.0. The standard InChI is InChI=1S/C27H18N2O/c1-17-9-2-3-10-18(17)25-21-12-4-6-15-23(21)28-27(29-25)22-14-8-13-20-19-11-5-7-16-24(19)30-26(20)22/h2-16H,1H3. The number of benzene rings is 4. The van der Waals surface area contributed by atoms with E-state index in [0.717, 1.165) is 49.7 Å². The number of aromatic nitrogens is 2. The average Bonchev–Trinajstić information content (AvgIpc) is 3.18. The van der Waals surface area contributed by atoms with Crippen LogP contribution in [0.1, 0.15) is 5.56 Å². The molecule has 0 saturated heterocycles. The molecule has 0 N–H and O–H groups in total. The molecule has 0 bridgehead atoms. The van der Waals surface area contributed by atoms with E-state index in [2.05, 4.69) is 49.4 Å². The Bertz CT molecular complexity index is 1560. The van der Waals surface area contributed by atoms with E-state index in [1.165, 1.54) is 5.56 Å². The minimum atomic E-state index is 0.677. The van der Waals surface area contributed by atoms with Crippen LogP contribution in [0.2, 0.25) is 0 Å². The van der Waals surface area contributed by atoms with Crippen molar-refractivity contribution in [2.75, 3.05) is 0 Å². The lowest BCUT2D eigenvalue weighted by molar-refractivity contribution is 0.669. The smallest absolute Gasteiger partial charge is 0.164 e. The van der Waals surface area contributed by atoms with Gasteiger partial charge in [0.05, 0.1) is 16.8 Å². The highest BCUT2D eigenvalue weighted by Crippen LogP contribution is 2.36. The topological polar surface area (TPSA) is 38.9 Å². The third-order valence-corrected chi connectivity index (χ3v) is 5.65. The van der Waals surface area contributed by atoms with Gasteiger partial charge in [0.15, 0.2) is 5.82 Å². The first-order chi connectivity index (χ1) is 14.8. The lowest BCUT2D eigenvalue weighted by Crippen LogP contribution is -1.96. The van der Waals surface area contributed by atoms with Gasteiger partial charge in [-0.2, -0.15) is 0 Å². The molecular formula is C27H18N2O. The Hall–Kier alpha value is -3.98. The zero-order valence-corrected chi connectivity index (χ0v) is 16.5. The molecule has 0 atom stereocenters. The average molecular weight is 386 g/mol. The Morgan fingerprint density at radius 3 is 2.20 bits per heavy atom. The van der Waals surface area contributed by atoms with Crippen LogP contribution in [-0.4, -0.2) is 9.97 Å². The maximum Gasteiger partial charge on any atom is 0.164 e. The van der Waals surface area contributed by atoms with Gasteiger partial charge in [0, 0.05) is 21.7 Å². The van der Waals surface area contributed by atoms with E-state index in [4.69, 9.17) is 14.4 Å². The number of aryl methyl sites for hydroxylation is 1. The Morgan fingerprint density at radius 1 is 0.600 bits per heavy atom. The monoisotopic (exact) mass is 386 g/mol. The summed E-state index contributed by atoms with van der Waals surface area (Å²) in [6.45, 7) is 2.12. The summed E-state index contributed by atoms with van der Waals surface area (Å²) < 4.78 is 6.24. The lowest BCUT2D eigenvalue weighted by atomic mass is 10.0. The van der Waals surface area contributed by atoms with Crippen LogP contribution < -0.4 is 0 Å². The minimum absolute atomic E-state index is 0.677. The SMILES string of the molecule is Cc1ccccc1-c1nc(-c2cccc3c2oc2ccccc23)nc2ccccc12. The lowest BCUT2D eigenvalue weighted by Gasteiger charge is -2.11. The first-order valence-corrected chi connectivity index (χ1v) is 10.0. The van der Waals surface area contributed by atoms with E-state index in [-0.39, 0.29) is 0 Å². The van der Waals surface area contributed by atoms with Crippen molar-refractivity contribution < 1.29 is 4.42 Å². The van der Waals surface area contributed by atoms with E-state index in [1.807, 2.05) is 48.5 Å². The summed E-state index contributed by atoms with van der Waals surface area (Å²) in [6, 6.07) is 30.8. The largest absolute Gasteiger partial charge is 0.455 e. The molecular weight excluding hydrogens is 368 g/mol. The Kier molecular flexibility index (Phi) is 3.68. The first kappa shape index (κ1) is 16.9. The number of furan rings is 1. The Morgan fingerprint density at radius 2 is 1.30 bits per heavy atom. The van der Waals surface area contributed by atoms with Crippen molar-refractivity contribution in [3.63, 3.8) is 0 Å². The highest BCUT2D eigenvalue weighted by atomic mass is 16.3. The molecule has 2 heterocycles. The Balaban J connectivity index is 1.69. The van der Waals surface area contributed by atoms with Gasteiger partial charge >= 0.3 is 0 Å². The third-order valence-electron chi connectivity index (χ3n) is 5.65. The van der Waals surface area contributed by atoms with E-state index >= 15 is 0 Å². The zero-order valence-electron chi connectivity index (χ0n) is 16.5. The summed E-state index contributed by atoms with van der Waals surface area (Å²) in [5, 5.41) is 3.24. The van der Waals surface area contributed by atoms with E-state index in [0.29, 0.717) is 5.82 Å². The third kappa shape index (κ3) is 2.52. The van der Waals surface area contributed by atoms with Gasteiger partial charge in [-0.3, -0.25) is 0 Å². The van der Waals surface area contributed by atoms with Crippen LogP contribution in [0.4, 0.5) is 0 Å².